The van der Waals surface area contributed by atoms with Crippen LogP contribution in [0.4, 0.5) is 0 Å². The summed E-state index contributed by atoms with van der Waals surface area (Å²) in [5.41, 5.74) is 0.612. The molecule has 1 radical (unpaired) electrons. The first kappa shape index (κ1) is 14.5. The van der Waals surface area contributed by atoms with Gasteiger partial charge >= 0.3 is 0 Å². The second-order valence-electron chi connectivity index (χ2n) is 2.71. The Labute approximate surface area is 114 Å². The molecular weight excluding hydrogens is 269 g/mol. The molecule has 0 aliphatic rings. The molecule has 0 amide bonds. The zero-order chi connectivity index (χ0) is 10.4. The fraction of sp³-hybridized carbons (Fsp3) is 0.273. The standard InChI is InChI=1S/C11H11O3.Y/c1-2-14-11(13)10(8-12)9-6-4-3-5-7-9;/h3-7,10H,2H2,1H3;/q-1;. The smallest absolute Gasteiger partial charge is 0.286 e. The Morgan fingerprint density at radius 2 is 2.00 bits per heavy atom. The van der Waals surface area contributed by atoms with E-state index >= 15 is 0 Å². The Morgan fingerprint density at radius 1 is 1.40 bits per heavy atom. The minimum absolute atomic E-state index is 0. The van der Waals surface area contributed by atoms with Crippen LogP contribution < -0.4 is 0 Å². The van der Waals surface area contributed by atoms with Gasteiger partial charge in [-0.15, -0.1) is 0 Å². The van der Waals surface area contributed by atoms with Crippen molar-refractivity contribution in [2.45, 2.75) is 12.8 Å². The van der Waals surface area contributed by atoms with Gasteiger partial charge in [0.25, 0.3) is 5.97 Å². The molecule has 0 fully saturated rings. The molecule has 0 bridgehead atoms. The Kier molecular flexibility index (Phi) is 7.44. The molecule has 1 rings (SSSR count). The summed E-state index contributed by atoms with van der Waals surface area (Å²) in [6.07, 6.45) is 1.68. The number of esters is 1. The summed E-state index contributed by atoms with van der Waals surface area (Å²) in [7, 11) is 0. The maximum atomic E-state index is 11.3. The first-order valence-corrected chi connectivity index (χ1v) is 4.38. The molecular formula is C11H11O3Y-. The molecule has 4 heteroatoms. The molecule has 1 aromatic rings. The summed E-state index contributed by atoms with van der Waals surface area (Å²) in [5, 5.41) is 0. The van der Waals surface area contributed by atoms with E-state index in [2.05, 4.69) is 0 Å². The number of carbonyl (C=O) groups is 1. The van der Waals surface area contributed by atoms with Gasteiger partial charge in [0.15, 0.2) is 0 Å². The van der Waals surface area contributed by atoms with Gasteiger partial charge in [-0.1, -0.05) is 35.9 Å². The van der Waals surface area contributed by atoms with Crippen molar-refractivity contribution < 1.29 is 47.0 Å². The number of carbonyl (C=O) groups excluding carboxylic acids is 2. The number of benzene rings is 1. The summed E-state index contributed by atoms with van der Waals surface area (Å²) in [5.74, 6) is -1.47. The molecule has 0 N–H and O–H groups in total. The number of ether oxygens (including phenoxy) is 1. The van der Waals surface area contributed by atoms with E-state index in [0.29, 0.717) is 5.56 Å². The zero-order valence-electron chi connectivity index (χ0n) is 8.47. The minimum atomic E-state index is -0.920. The third-order valence-electron chi connectivity index (χ3n) is 1.77. The zero-order valence-corrected chi connectivity index (χ0v) is 11.3. The molecule has 1 atom stereocenters. The summed E-state index contributed by atoms with van der Waals surface area (Å²) in [4.78, 5) is 21.9. The molecule has 1 aromatic carbocycles. The average Bonchev–Trinajstić information content (AvgIpc) is 2.21. The second-order valence-corrected chi connectivity index (χ2v) is 2.71. The molecule has 15 heavy (non-hydrogen) atoms. The Morgan fingerprint density at radius 3 is 2.47 bits per heavy atom. The fourth-order valence-corrected chi connectivity index (χ4v) is 1.12. The predicted octanol–water partition coefficient (Wildman–Crippen LogP) is 1.44. The number of rotatable bonds is 4. The number of hydrogen-bond acceptors (Lipinski definition) is 3. The summed E-state index contributed by atoms with van der Waals surface area (Å²) in [6.45, 7) is 1.97. The largest absolute Gasteiger partial charge is 0.541 e. The monoisotopic (exact) mass is 280 g/mol. The van der Waals surface area contributed by atoms with Gasteiger partial charge in [0, 0.05) is 32.7 Å². The summed E-state index contributed by atoms with van der Waals surface area (Å²) >= 11 is 0. The van der Waals surface area contributed by atoms with Gasteiger partial charge in [-0.25, -0.2) is 6.29 Å². The van der Waals surface area contributed by atoms with Crippen LogP contribution in [0.25, 0.3) is 0 Å². The van der Waals surface area contributed by atoms with Crippen LogP contribution in [-0.4, -0.2) is 18.9 Å². The van der Waals surface area contributed by atoms with Gasteiger partial charge in [-0.05, 0) is 12.8 Å². The van der Waals surface area contributed by atoms with Crippen molar-refractivity contribution >= 4 is 12.3 Å². The van der Waals surface area contributed by atoms with E-state index in [0.717, 1.165) is 0 Å². The average molecular weight is 280 g/mol. The van der Waals surface area contributed by atoms with Crippen LogP contribution in [0.15, 0.2) is 30.3 Å². The fourth-order valence-electron chi connectivity index (χ4n) is 1.12. The summed E-state index contributed by atoms with van der Waals surface area (Å²) in [6, 6.07) is 8.74. The van der Waals surface area contributed by atoms with Crippen molar-refractivity contribution in [3.63, 3.8) is 0 Å². The number of hydrogen-bond donors (Lipinski definition) is 0. The first-order valence-electron chi connectivity index (χ1n) is 4.38. The van der Waals surface area contributed by atoms with E-state index in [1.54, 1.807) is 37.5 Å². The molecule has 0 heterocycles. The van der Waals surface area contributed by atoms with E-state index in [1.165, 1.54) is 0 Å². The van der Waals surface area contributed by atoms with Crippen LogP contribution in [0.3, 0.4) is 0 Å². The van der Waals surface area contributed by atoms with Gasteiger partial charge < -0.3 is 9.53 Å². The van der Waals surface area contributed by atoms with Crippen LogP contribution in [-0.2, 0) is 47.0 Å². The molecule has 0 aliphatic heterocycles. The second kappa shape index (κ2) is 7.72. The molecule has 3 nitrogen and oxygen atoms in total. The topological polar surface area (TPSA) is 43.4 Å². The van der Waals surface area contributed by atoms with Crippen molar-refractivity contribution in [3.05, 3.63) is 35.9 Å². The van der Waals surface area contributed by atoms with Crippen molar-refractivity contribution in [1.29, 1.82) is 0 Å². The third-order valence-corrected chi connectivity index (χ3v) is 1.77. The first-order chi connectivity index (χ1) is 6.79. The minimum Gasteiger partial charge on any atom is -0.541 e. The SMILES string of the molecule is CCOC(=O)C([C-]=O)c1ccccc1.[Y]. The van der Waals surface area contributed by atoms with Gasteiger partial charge in [0.1, 0.15) is 0 Å². The van der Waals surface area contributed by atoms with Crippen molar-refractivity contribution in [1.82, 2.24) is 0 Å². The Bertz CT molecular complexity index is 311. The molecule has 77 valence electrons. The Balaban J connectivity index is 0.00000196. The molecule has 0 spiro atoms. The maximum absolute atomic E-state index is 11.3. The van der Waals surface area contributed by atoms with Crippen LogP contribution in [0.1, 0.15) is 18.4 Å². The van der Waals surface area contributed by atoms with E-state index in [1.807, 2.05) is 6.07 Å². The summed E-state index contributed by atoms with van der Waals surface area (Å²) < 4.78 is 4.75. The molecule has 0 aliphatic carbocycles. The van der Waals surface area contributed by atoms with Crippen molar-refractivity contribution in [3.8, 4) is 0 Å². The van der Waals surface area contributed by atoms with Crippen LogP contribution in [0.5, 0.6) is 0 Å². The predicted molar refractivity (Wildman–Crippen MR) is 51.5 cm³/mol. The van der Waals surface area contributed by atoms with Crippen LogP contribution in [0, 0.1) is 0 Å². The maximum Gasteiger partial charge on any atom is 0.286 e. The molecule has 0 aromatic heterocycles. The van der Waals surface area contributed by atoms with E-state index < -0.39 is 11.9 Å². The van der Waals surface area contributed by atoms with E-state index in [4.69, 9.17) is 4.74 Å². The van der Waals surface area contributed by atoms with Crippen LogP contribution >= 0.6 is 0 Å². The van der Waals surface area contributed by atoms with Gasteiger partial charge in [0.2, 0.25) is 0 Å². The third kappa shape index (κ3) is 4.23. The van der Waals surface area contributed by atoms with Crippen molar-refractivity contribution in [2.75, 3.05) is 6.61 Å². The van der Waals surface area contributed by atoms with Gasteiger partial charge in [-0.2, -0.15) is 0 Å². The molecule has 0 saturated heterocycles. The van der Waals surface area contributed by atoms with Gasteiger partial charge in [-0.3, -0.25) is 4.79 Å². The van der Waals surface area contributed by atoms with E-state index in [9.17, 15) is 9.59 Å². The normalized spacial score (nSPS) is 11.0. The van der Waals surface area contributed by atoms with Crippen molar-refractivity contribution in [2.24, 2.45) is 0 Å². The van der Waals surface area contributed by atoms with E-state index in [-0.39, 0.29) is 39.3 Å². The molecule has 1 unspecified atom stereocenters. The Hall–Kier alpha value is -0.536. The quantitative estimate of drug-likeness (QED) is 0.476. The van der Waals surface area contributed by atoms with Crippen LogP contribution in [0.2, 0.25) is 0 Å². The van der Waals surface area contributed by atoms with Gasteiger partial charge in [0.05, 0.1) is 6.61 Å². The molecule has 0 saturated carbocycles.